The first-order chi connectivity index (χ1) is 14.0. The van der Waals surface area contributed by atoms with E-state index >= 15 is 0 Å². The van der Waals surface area contributed by atoms with Crippen molar-refractivity contribution in [2.45, 2.75) is 30.2 Å². The summed E-state index contributed by atoms with van der Waals surface area (Å²) in [6, 6.07) is 15.5. The number of hydrogen-bond acceptors (Lipinski definition) is 5. The molecule has 1 amide bonds. The molecular formula is C22H21N3O3S. The molecule has 0 unspecified atom stereocenters. The number of H-pyrrole nitrogens is 1. The van der Waals surface area contributed by atoms with Gasteiger partial charge in [0.15, 0.2) is 5.16 Å². The summed E-state index contributed by atoms with van der Waals surface area (Å²) in [5.41, 5.74) is 3.53. The number of methoxy groups -OCH3 is 1. The lowest BCUT2D eigenvalue weighted by Crippen LogP contribution is -2.31. The fraction of sp³-hybridized carbons (Fsp3) is 0.227. The molecule has 29 heavy (non-hydrogen) atoms. The number of nitrogens with one attached hydrogen (secondary N) is 2. The van der Waals surface area contributed by atoms with E-state index in [1.54, 1.807) is 7.11 Å². The minimum Gasteiger partial charge on any atom is -0.497 e. The lowest BCUT2D eigenvalue weighted by atomic mass is 9.87. The molecule has 0 fully saturated rings. The van der Waals surface area contributed by atoms with Gasteiger partial charge < -0.3 is 15.0 Å². The molecule has 0 saturated carbocycles. The van der Waals surface area contributed by atoms with Crippen LogP contribution in [0.3, 0.4) is 0 Å². The number of anilines is 1. The average Bonchev–Trinajstić information content (AvgIpc) is 2.72. The lowest BCUT2D eigenvalue weighted by molar-refractivity contribution is -0.116. The summed E-state index contributed by atoms with van der Waals surface area (Å²) in [5, 5.41) is 3.26. The van der Waals surface area contributed by atoms with E-state index in [1.165, 1.54) is 22.9 Å². The van der Waals surface area contributed by atoms with Crippen LogP contribution >= 0.6 is 11.8 Å². The van der Waals surface area contributed by atoms with Gasteiger partial charge in [0.2, 0.25) is 5.91 Å². The van der Waals surface area contributed by atoms with E-state index in [9.17, 15) is 9.59 Å². The van der Waals surface area contributed by atoms with Gasteiger partial charge in [-0.1, -0.05) is 48.2 Å². The second-order valence-corrected chi connectivity index (χ2v) is 7.89. The maximum absolute atomic E-state index is 12.9. The van der Waals surface area contributed by atoms with Gasteiger partial charge in [0.1, 0.15) is 11.6 Å². The standard InChI is InChI=1S/C22H21N3O3S/c1-13-5-3-4-6-15(13)12-29-22-24-20-19(21(27)25-22)17(11-18(26)23-20)14-7-9-16(28-2)10-8-14/h3-10,17H,11-12H2,1-2H3,(H2,23,24,25,26,27)/t17-/m1/s1. The molecule has 0 radical (unpaired) electrons. The van der Waals surface area contributed by atoms with Crippen LogP contribution in [0.2, 0.25) is 0 Å². The molecule has 0 aliphatic carbocycles. The summed E-state index contributed by atoms with van der Waals surface area (Å²) >= 11 is 1.44. The highest BCUT2D eigenvalue weighted by Crippen LogP contribution is 2.35. The molecule has 0 spiro atoms. The number of aryl methyl sites for hydroxylation is 1. The largest absolute Gasteiger partial charge is 0.497 e. The Morgan fingerprint density at radius 1 is 1.14 bits per heavy atom. The SMILES string of the molecule is COc1ccc([C@H]2CC(=O)Nc3nc(SCc4ccccc4C)[nH]c(=O)c32)cc1. The van der Waals surface area contributed by atoms with Crippen molar-refractivity contribution in [2.24, 2.45) is 0 Å². The van der Waals surface area contributed by atoms with Crippen LogP contribution in [0.5, 0.6) is 5.75 Å². The molecule has 1 aromatic heterocycles. The van der Waals surface area contributed by atoms with Gasteiger partial charge in [-0.2, -0.15) is 0 Å². The number of aromatic amines is 1. The first kappa shape index (κ1) is 19.3. The highest BCUT2D eigenvalue weighted by molar-refractivity contribution is 7.98. The third kappa shape index (κ3) is 4.05. The molecule has 2 N–H and O–H groups in total. The number of hydrogen-bond donors (Lipinski definition) is 2. The van der Waals surface area contributed by atoms with Gasteiger partial charge in [0.25, 0.3) is 5.56 Å². The van der Waals surface area contributed by atoms with Gasteiger partial charge in [-0.15, -0.1) is 0 Å². The molecule has 6 nitrogen and oxygen atoms in total. The number of nitrogens with zero attached hydrogens (tertiary/aromatic N) is 1. The van der Waals surface area contributed by atoms with E-state index in [0.717, 1.165) is 11.3 Å². The van der Waals surface area contributed by atoms with E-state index in [0.29, 0.717) is 22.3 Å². The number of ether oxygens (including phenoxy) is 1. The van der Waals surface area contributed by atoms with Crippen molar-refractivity contribution in [3.8, 4) is 5.75 Å². The first-order valence-corrected chi connectivity index (χ1v) is 10.3. The molecule has 4 rings (SSSR count). The zero-order chi connectivity index (χ0) is 20.4. The second-order valence-electron chi connectivity index (χ2n) is 6.93. The molecule has 0 saturated heterocycles. The molecule has 148 valence electrons. The zero-order valence-corrected chi connectivity index (χ0v) is 17.0. The third-order valence-corrected chi connectivity index (χ3v) is 6.00. The minimum atomic E-state index is -0.337. The van der Waals surface area contributed by atoms with Crippen LogP contribution in [0.15, 0.2) is 58.5 Å². The quantitative estimate of drug-likeness (QED) is 0.496. The topological polar surface area (TPSA) is 84.1 Å². The van der Waals surface area contributed by atoms with E-state index in [-0.39, 0.29) is 23.8 Å². The minimum absolute atomic E-state index is 0.147. The van der Waals surface area contributed by atoms with Crippen LogP contribution in [0.4, 0.5) is 5.82 Å². The number of carbonyl (C=O) groups excluding carboxylic acids is 1. The van der Waals surface area contributed by atoms with Gasteiger partial charge >= 0.3 is 0 Å². The summed E-state index contributed by atoms with van der Waals surface area (Å²) in [6.07, 6.45) is 0.208. The van der Waals surface area contributed by atoms with Crippen molar-refractivity contribution >= 4 is 23.5 Å². The summed E-state index contributed by atoms with van der Waals surface area (Å²) in [5.74, 6) is 1.27. The summed E-state index contributed by atoms with van der Waals surface area (Å²) in [7, 11) is 1.60. The Bertz CT molecular complexity index is 1110. The van der Waals surface area contributed by atoms with Crippen LogP contribution in [0, 0.1) is 6.92 Å². The molecule has 7 heteroatoms. The Balaban J connectivity index is 1.64. The van der Waals surface area contributed by atoms with Crippen molar-refractivity contribution in [3.63, 3.8) is 0 Å². The Morgan fingerprint density at radius 3 is 2.62 bits per heavy atom. The zero-order valence-electron chi connectivity index (χ0n) is 16.2. The van der Waals surface area contributed by atoms with Crippen LogP contribution in [-0.4, -0.2) is 23.0 Å². The van der Waals surface area contributed by atoms with Crippen molar-refractivity contribution in [2.75, 3.05) is 12.4 Å². The number of fused-ring (bicyclic) bond motifs is 1. The number of thioether (sulfide) groups is 1. The number of benzene rings is 2. The van der Waals surface area contributed by atoms with Gasteiger partial charge in [-0.25, -0.2) is 4.98 Å². The molecule has 0 bridgehead atoms. The normalized spacial score (nSPS) is 15.5. The average molecular weight is 407 g/mol. The Labute approximate surface area is 172 Å². The van der Waals surface area contributed by atoms with Crippen LogP contribution < -0.4 is 15.6 Å². The van der Waals surface area contributed by atoms with Crippen LogP contribution in [0.1, 0.15) is 34.6 Å². The fourth-order valence-corrected chi connectivity index (χ4v) is 4.39. The number of aromatic nitrogens is 2. The van der Waals surface area contributed by atoms with Gasteiger partial charge in [0.05, 0.1) is 12.7 Å². The summed E-state index contributed by atoms with van der Waals surface area (Å²) < 4.78 is 5.20. The van der Waals surface area contributed by atoms with Crippen molar-refractivity contribution in [1.82, 2.24) is 9.97 Å². The first-order valence-electron chi connectivity index (χ1n) is 9.30. The van der Waals surface area contributed by atoms with E-state index in [4.69, 9.17) is 4.74 Å². The van der Waals surface area contributed by atoms with E-state index in [2.05, 4.69) is 34.3 Å². The molecule has 3 aromatic rings. The summed E-state index contributed by atoms with van der Waals surface area (Å²) in [6.45, 7) is 2.05. The van der Waals surface area contributed by atoms with Crippen molar-refractivity contribution < 1.29 is 9.53 Å². The predicted molar refractivity (Wildman–Crippen MR) is 114 cm³/mol. The van der Waals surface area contributed by atoms with Gasteiger partial charge in [-0.05, 0) is 35.7 Å². The Hall–Kier alpha value is -3.06. The molecule has 1 atom stereocenters. The lowest BCUT2D eigenvalue weighted by Gasteiger charge is -2.24. The summed E-state index contributed by atoms with van der Waals surface area (Å²) in [4.78, 5) is 32.6. The fourth-order valence-electron chi connectivity index (χ4n) is 3.46. The molecular weight excluding hydrogens is 386 g/mol. The van der Waals surface area contributed by atoms with Gasteiger partial charge in [0, 0.05) is 18.1 Å². The Morgan fingerprint density at radius 2 is 1.90 bits per heavy atom. The molecule has 2 aromatic carbocycles. The highest BCUT2D eigenvalue weighted by Gasteiger charge is 2.31. The van der Waals surface area contributed by atoms with Crippen molar-refractivity contribution in [3.05, 3.63) is 81.1 Å². The van der Waals surface area contributed by atoms with Crippen LogP contribution in [0.25, 0.3) is 0 Å². The van der Waals surface area contributed by atoms with E-state index < -0.39 is 0 Å². The molecule has 1 aliphatic heterocycles. The molecule has 1 aliphatic rings. The van der Waals surface area contributed by atoms with E-state index in [1.807, 2.05) is 36.4 Å². The van der Waals surface area contributed by atoms with Gasteiger partial charge in [-0.3, -0.25) is 9.59 Å². The Kier molecular flexibility index (Phi) is 5.40. The predicted octanol–water partition coefficient (Wildman–Crippen LogP) is 3.85. The second kappa shape index (κ2) is 8.13. The number of carbonyl (C=O) groups is 1. The maximum Gasteiger partial charge on any atom is 0.257 e. The van der Waals surface area contributed by atoms with Crippen molar-refractivity contribution in [1.29, 1.82) is 0 Å². The third-order valence-electron chi connectivity index (χ3n) is 5.07. The highest BCUT2D eigenvalue weighted by atomic mass is 32.2. The molecule has 2 heterocycles. The number of rotatable bonds is 5. The number of amides is 1. The van der Waals surface area contributed by atoms with Crippen LogP contribution in [-0.2, 0) is 10.5 Å². The maximum atomic E-state index is 12.9. The monoisotopic (exact) mass is 407 g/mol. The smallest absolute Gasteiger partial charge is 0.257 e.